The van der Waals surface area contributed by atoms with Crippen molar-refractivity contribution >= 4 is 11.6 Å². The SMILES string of the molecule is CC(Nc1cnn(CC(=O)NC2CC2)c1)c1cnccn1. The Balaban J connectivity index is 1.55. The van der Waals surface area contributed by atoms with E-state index in [9.17, 15) is 4.79 Å². The molecule has 1 atom stereocenters. The standard InChI is InChI=1S/C14H18N6O/c1-10(13-7-15-4-5-16-13)18-12-6-17-20(8-12)9-14(21)19-11-2-3-11/h4-8,10-11,18H,2-3,9H2,1H3,(H,19,21). The van der Waals surface area contributed by atoms with Gasteiger partial charge in [0, 0.05) is 24.6 Å². The third kappa shape index (κ3) is 3.77. The van der Waals surface area contributed by atoms with Crippen molar-refractivity contribution in [1.82, 2.24) is 25.1 Å². The van der Waals surface area contributed by atoms with Gasteiger partial charge in [0.2, 0.25) is 5.91 Å². The summed E-state index contributed by atoms with van der Waals surface area (Å²) in [4.78, 5) is 20.0. The van der Waals surface area contributed by atoms with Gasteiger partial charge in [-0.3, -0.25) is 19.4 Å². The molecule has 0 saturated heterocycles. The van der Waals surface area contributed by atoms with Crippen LogP contribution < -0.4 is 10.6 Å². The van der Waals surface area contributed by atoms with Crippen LogP contribution in [0.15, 0.2) is 31.0 Å². The molecule has 0 aliphatic heterocycles. The average Bonchev–Trinajstić information content (AvgIpc) is 3.19. The lowest BCUT2D eigenvalue weighted by molar-refractivity contribution is -0.122. The van der Waals surface area contributed by atoms with Crippen molar-refractivity contribution < 1.29 is 4.79 Å². The minimum absolute atomic E-state index is 0.00845. The van der Waals surface area contributed by atoms with Gasteiger partial charge in [0.05, 0.1) is 29.8 Å². The molecule has 3 rings (SSSR count). The van der Waals surface area contributed by atoms with E-state index in [2.05, 4.69) is 25.7 Å². The Bertz CT molecular complexity index is 607. The van der Waals surface area contributed by atoms with Gasteiger partial charge in [-0.15, -0.1) is 0 Å². The Morgan fingerprint density at radius 2 is 2.29 bits per heavy atom. The summed E-state index contributed by atoms with van der Waals surface area (Å²) >= 11 is 0. The van der Waals surface area contributed by atoms with E-state index < -0.39 is 0 Å². The van der Waals surface area contributed by atoms with Crippen molar-refractivity contribution in [2.45, 2.75) is 38.4 Å². The molecule has 21 heavy (non-hydrogen) atoms. The van der Waals surface area contributed by atoms with Crippen molar-refractivity contribution in [3.8, 4) is 0 Å². The predicted molar refractivity (Wildman–Crippen MR) is 77.5 cm³/mol. The number of rotatable bonds is 6. The molecule has 1 unspecified atom stereocenters. The zero-order valence-electron chi connectivity index (χ0n) is 11.9. The zero-order valence-corrected chi connectivity index (χ0v) is 11.9. The van der Waals surface area contributed by atoms with Gasteiger partial charge in [-0.2, -0.15) is 5.10 Å². The molecule has 110 valence electrons. The van der Waals surface area contributed by atoms with Crippen LogP contribution in [0.4, 0.5) is 5.69 Å². The molecule has 7 nitrogen and oxygen atoms in total. The van der Waals surface area contributed by atoms with E-state index >= 15 is 0 Å². The molecule has 1 aliphatic rings. The lowest BCUT2D eigenvalue weighted by atomic mass is 10.2. The summed E-state index contributed by atoms with van der Waals surface area (Å²) < 4.78 is 1.63. The van der Waals surface area contributed by atoms with Crippen LogP contribution in [0.5, 0.6) is 0 Å². The van der Waals surface area contributed by atoms with Crippen LogP contribution in [-0.4, -0.2) is 31.7 Å². The van der Waals surface area contributed by atoms with Crippen molar-refractivity contribution in [3.63, 3.8) is 0 Å². The molecule has 0 radical (unpaired) electrons. The van der Waals surface area contributed by atoms with Gasteiger partial charge in [-0.25, -0.2) is 0 Å². The van der Waals surface area contributed by atoms with Crippen LogP contribution in [0.1, 0.15) is 31.5 Å². The molecule has 0 aromatic carbocycles. The lowest BCUT2D eigenvalue weighted by Gasteiger charge is -2.12. The summed E-state index contributed by atoms with van der Waals surface area (Å²) in [6, 6.07) is 0.402. The quantitative estimate of drug-likeness (QED) is 0.831. The molecule has 0 spiro atoms. The topological polar surface area (TPSA) is 84.7 Å². The highest BCUT2D eigenvalue weighted by molar-refractivity contribution is 5.76. The maximum absolute atomic E-state index is 11.7. The summed E-state index contributed by atoms with van der Waals surface area (Å²) in [6.45, 7) is 2.25. The second-order valence-electron chi connectivity index (χ2n) is 5.26. The van der Waals surface area contributed by atoms with Crippen LogP contribution in [0.25, 0.3) is 0 Å². The van der Waals surface area contributed by atoms with Crippen molar-refractivity contribution in [3.05, 3.63) is 36.7 Å². The molecule has 1 aliphatic carbocycles. The minimum atomic E-state index is 0.00845. The number of carbonyl (C=O) groups excluding carboxylic acids is 1. The van der Waals surface area contributed by atoms with E-state index in [1.54, 1.807) is 29.5 Å². The van der Waals surface area contributed by atoms with Crippen molar-refractivity contribution in [2.75, 3.05) is 5.32 Å². The third-order valence-electron chi connectivity index (χ3n) is 3.29. The monoisotopic (exact) mass is 286 g/mol. The van der Waals surface area contributed by atoms with Gasteiger partial charge in [0.1, 0.15) is 6.54 Å². The summed E-state index contributed by atoms with van der Waals surface area (Å²) in [7, 11) is 0. The van der Waals surface area contributed by atoms with Crippen LogP contribution in [0.2, 0.25) is 0 Å². The van der Waals surface area contributed by atoms with Crippen LogP contribution >= 0.6 is 0 Å². The fourth-order valence-corrected chi connectivity index (χ4v) is 2.03. The Morgan fingerprint density at radius 1 is 1.43 bits per heavy atom. The maximum Gasteiger partial charge on any atom is 0.241 e. The Morgan fingerprint density at radius 3 is 3.00 bits per heavy atom. The molecule has 2 N–H and O–H groups in total. The fourth-order valence-electron chi connectivity index (χ4n) is 2.03. The number of amides is 1. The molecule has 1 saturated carbocycles. The van der Waals surface area contributed by atoms with Gasteiger partial charge < -0.3 is 10.6 Å². The summed E-state index contributed by atoms with van der Waals surface area (Å²) in [5.74, 6) is 0.00845. The highest BCUT2D eigenvalue weighted by Crippen LogP contribution is 2.19. The second-order valence-corrected chi connectivity index (χ2v) is 5.26. The Hall–Kier alpha value is -2.44. The first-order valence-corrected chi connectivity index (χ1v) is 7.05. The van der Waals surface area contributed by atoms with Gasteiger partial charge >= 0.3 is 0 Å². The van der Waals surface area contributed by atoms with Crippen LogP contribution in [0, 0.1) is 0 Å². The Kier molecular flexibility index (Phi) is 3.81. The summed E-state index contributed by atoms with van der Waals surface area (Å²) in [5, 5.41) is 10.4. The number of aromatic nitrogens is 4. The number of hydrogen-bond acceptors (Lipinski definition) is 5. The smallest absolute Gasteiger partial charge is 0.241 e. The lowest BCUT2D eigenvalue weighted by Crippen LogP contribution is -2.29. The molecule has 2 aromatic rings. The minimum Gasteiger partial charge on any atom is -0.374 e. The largest absolute Gasteiger partial charge is 0.374 e. The van der Waals surface area contributed by atoms with E-state index in [1.165, 1.54) is 0 Å². The highest BCUT2D eigenvalue weighted by atomic mass is 16.2. The summed E-state index contributed by atoms with van der Waals surface area (Å²) in [6.07, 6.45) is 10.7. The van der Waals surface area contributed by atoms with Gasteiger partial charge in [-0.1, -0.05) is 0 Å². The molecule has 2 aromatic heterocycles. The van der Waals surface area contributed by atoms with Crippen LogP contribution in [0.3, 0.4) is 0 Å². The number of carbonyl (C=O) groups is 1. The van der Waals surface area contributed by atoms with Crippen molar-refractivity contribution in [1.29, 1.82) is 0 Å². The van der Waals surface area contributed by atoms with Gasteiger partial charge in [-0.05, 0) is 19.8 Å². The van der Waals surface area contributed by atoms with E-state index in [1.807, 2.05) is 13.1 Å². The molecule has 1 fully saturated rings. The predicted octanol–water partition coefficient (Wildman–Crippen LogP) is 1.12. The van der Waals surface area contributed by atoms with E-state index in [0.29, 0.717) is 6.04 Å². The summed E-state index contributed by atoms with van der Waals surface area (Å²) in [5.41, 5.74) is 1.71. The first-order valence-electron chi connectivity index (χ1n) is 7.05. The number of nitrogens with one attached hydrogen (secondary N) is 2. The third-order valence-corrected chi connectivity index (χ3v) is 3.29. The molecule has 7 heteroatoms. The molecule has 2 heterocycles. The second kappa shape index (κ2) is 5.90. The van der Waals surface area contributed by atoms with E-state index in [-0.39, 0.29) is 18.5 Å². The number of anilines is 1. The molecular weight excluding hydrogens is 268 g/mol. The molecular formula is C14H18N6O. The fraction of sp³-hybridized carbons (Fsp3) is 0.429. The van der Waals surface area contributed by atoms with E-state index in [4.69, 9.17) is 0 Å². The maximum atomic E-state index is 11.7. The first-order chi connectivity index (χ1) is 10.2. The van der Waals surface area contributed by atoms with E-state index in [0.717, 1.165) is 24.2 Å². The van der Waals surface area contributed by atoms with Crippen LogP contribution in [-0.2, 0) is 11.3 Å². The zero-order chi connectivity index (χ0) is 14.7. The molecule has 1 amide bonds. The van der Waals surface area contributed by atoms with Gasteiger partial charge in [0.15, 0.2) is 0 Å². The van der Waals surface area contributed by atoms with Crippen molar-refractivity contribution in [2.24, 2.45) is 0 Å². The number of nitrogens with zero attached hydrogens (tertiary/aromatic N) is 4. The number of hydrogen-bond donors (Lipinski definition) is 2. The van der Waals surface area contributed by atoms with Gasteiger partial charge in [0.25, 0.3) is 0 Å². The average molecular weight is 286 g/mol. The Labute approximate surface area is 122 Å². The normalized spacial score (nSPS) is 15.5. The first kappa shape index (κ1) is 13.5. The highest BCUT2D eigenvalue weighted by Gasteiger charge is 2.23. The molecule has 0 bridgehead atoms.